The zero-order valence-corrected chi connectivity index (χ0v) is 18.7. The third-order valence-electron chi connectivity index (χ3n) is 6.74. The zero-order chi connectivity index (χ0) is 22.6. The van der Waals surface area contributed by atoms with Crippen LogP contribution in [0.3, 0.4) is 0 Å². The third-order valence-corrected chi connectivity index (χ3v) is 6.74. The van der Waals surface area contributed by atoms with Crippen molar-refractivity contribution in [2.24, 2.45) is 0 Å². The third kappa shape index (κ3) is 4.84. The van der Waals surface area contributed by atoms with Crippen molar-refractivity contribution in [3.8, 4) is 0 Å². The summed E-state index contributed by atoms with van der Waals surface area (Å²) in [4.78, 5) is 32.1. The molecule has 1 atom stereocenters. The molecule has 8 heteroatoms. The van der Waals surface area contributed by atoms with E-state index in [0.717, 1.165) is 43.4 Å². The lowest BCUT2D eigenvalue weighted by molar-refractivity contribution is 0.0606. The Kier molecular flexibility index (Phi) is 6.24. The van der Waals surface area contributed by atoms with Crippen molar-refractivity contribution in [3.05, 3.63) is 71.6 Å². The van der Waals surface area contributed by atoms with Gasteiger partial charge in [0.1, 0.15) is 5.69 Å². The second-order valence-corrected chi connectivity index (χ2v) is 9.11. The summed E-state index contributed by atoms with van der Waals surface area (Å²) in [5.41, 5.74) is 2.96. The molecule has 1 unspecified atom stereocenters. The summed E-state index contributed by atoms with van der Waals surface area (Å²) in [7, 11) is 0. The molecule has 2 aromatic heterocycles. The van der Waals surface area contributed by atoms with Gasteiger partial charge in [0, 0.05) is 37.1 Å². The summed E-state index contributed by atoms with van der Waals surface area (Å²) in [6, 6.07) is 9.74. The highest BCUT2D eigenvalue weighted by molar-refractivity contribution is 5.95. The van der Waals surface area contributed by atoms with Crippen molar-refractivity contribution in [2.75, 3.05) is 6.54 Å². The molecule has 1 saturated heterocycles. The van der Waals surface area contributed by atoms with Crippen LogP contribution in [0, 0.1) is 0 Å². The average Bonchev–Trinajstić information content (AvgIpc) is 3.62. The lowest BCUT2D eigenvalue weighted by atomic mass is 9.97. The van der Waals surface area contributed by atoms with E-state index in [4.69, 9.17) is 0 Å². The Bertz CT molecular complexity index is 1100. The maximum absolute atomic E-state index is 13.5. The van der Waals surface area contributed by atoms with Gasteiger partial charge in [-0.3, -0.25) is 14.7 Å². The first kappa shape index (κ1) is 21.4. The van der Waals surface area contributed by atoms with Crippen molar-refractivity contribution in [3.63, 3.8) is 0 Å². The Morgan fingerprint density at radius 1 is 1.09 bits per heavy atom. The van der Waals surface area contributed by atoms with Gasteiger partial charge in [0.15, 0.2) is 0 Å². The monoisotopic (exact) mass is 446 g/mol. The first-order chi connectivity index (χ1) is 16.2. The molecule has 0 spiro atoms. The number of hydrogen-bond donors (Lipinski definition) is 2. The number of nitrogens with zero attached hydrogens (tertiary/aromatic N) is 4. The summed E-state index contributed by atoms with van der Waals surface area (Å²) >= 11 is 0. The number of carbonyl (C=O) groups is 2. The highest BCUT2D eigenvalue weighted by atomic mass is 16.2. The van der Waals surface area contributed by atoms with Gasteiger partial charge in [-0.1, -0.05) is 25.0 Å². The summed E-state index contributed by atoms with van der Waals surface area (Å²) in [6.07, 6.45) is 12.7. The second kappa shape index (κ2) is 9.60. The van der Waals surface area contributed by atoms with Crippen molar-refractivity contribution < 1.29 is 9.59 Å². The molecule has 3 aromatic rings. The van der Waals surface area contributed by atoms with Crippen molar-refractivity contribution in [1.29, 1.82) is 0 Å². The molecular weight excluding hydrogens is 416 g/mol. The number of imidazole rings is 1. The van der Waals surface area contributed by atoms with E-state index in [1.165, 1.54) is 12.8 Å². The minimum absolute atomic E-state index is 0.0127. The predicted molar refractivity (Wildman–Crippen MR) is 124 cm³/mol. The molecule has 2 fully saturated rings. The van der Waals surface area contributed by atoms with Crippen LogP contribution in [-0.2, 0) is 6.54 Å². The number of aromatic amines is 1. The molecular formula is C25H30N6O2. The lowest BCUT2D eigenvalue weighted by Gasteiger charge is -2.35. The van der Waals surface area contributed by atoms with Crippen LogP contribution < -0.4 is 5.32 Å². The van der Waals surface area contributed by atoms with Gasteiger partial charge < -0.3 is 14.8 Å². The fourth-order valence-electron chi connectivity index (χ4n) is 5.01. The highest BCUT2D eigenvalue weighted by Gasteiger charge is 2.31. The topological polar surface area (TPSA) is 95.9 Å². The summed E-state index contributed by atoms with van der Waals surface area (Å²) < 4.78 is 1.98. The van der Waals surface area contributed by atoms with Crippen molar-refractivity contribution >= 4 is 11.8 Å². The Morgan fingerprint density at radius 3 is 2.76 bits per heavy atom. The molecule has 8 nitrogen and oxygen atoms in total. The molecule has 2 aliphatic rings. The Labute approximate surface area is 193 Å². The molecule has 3 heterocycles. The van der Waals surface area contributed by atoms with Gasteiger partial charge in [0.25, 0.3) is 11.8 Å². The fraction of sp³-hybridized carbons (Fsp3) is 0.440. The van der Waals surface area contributed by atoms with Crippen LogP contribution in [0.25, 0.3) is 0 Å². The number of likely N-dealkylation sites (tertiary alicyclic amines) is 1. The number of H-pyrrole nitrogens is 1. The summed E-state index contributed by atoms with van der Waals surface area (Å²) in [6.45, 7) is 1.36. The maximum Gasteiger partial charge on any atom is 0.271 e. The molecule has 172 valence electrons. The Balaban J connectivity index is 1.31. The van der Waals surface area contributed by atoms with E-state index >= 15 is 0 Å². The van der Waals surface area contributed by atoms with E-state index in [9.17, 15) is 9.59 Å². The molecule has 33 heavy (non-hydrogen) atoms. The summed E-state index contributed by atoms with van der Waals surface area (Å²) in [5, 5.41) is 10.4. The van der Waals surface area contributed by atoms with E-state index in [1.807, 2.05) is 46.0 Å². The SMILES string of the molecule is O=C(NC1CCCC1)c1cc(C2CCCCN2C(=O)c2cccc(Cn3ccnc3)c2)[nH]n1. The van der Waals surface area contributed by atoms with E-state index in [0.29, 0.717) is 24.3 Å². The average molecular weight is 447 g/mol. The molecule has 2 amide bonds. The molecule has 1 aromatic carbocycles. The number of aromatic nitrogens is 4. The number of benzene rings is 1. The first-order valence-corrected chi connectivity index (χ1v) is 11.9. The lowest BCUT2D eigenvalue weighted by Crippen LogP contribution is -2.38. The van der Waals surface area contributed by atoms with E-state index in [-0.39, 0.29) is 23.9 Å². The van der Waals surface area contributed by atoms with Crippen LogP contribution >= 0.6 is 0 Å². The maximum atomic E-state index is 13.5. The van der Waals surface area contributed by atoms with Crippen molar-refractivity contribution in [1.82, 2.24) is 30.0 Å². The van der Waals surface area contributed by atoms with Gasteiger partial charge in [0.2, 0.25) is 0 Å². The number of hydrogen-bond acceptors (Lipinski definition) is 4. The number of carbonyl (C=O) groups excluding carboxylic acids is 2. The molecule has 0 radical (unpaired) electrons. The normalized spacial score (nSPS) is 19.0. The van der Waals surface area contributed by atoms with Crippen LogP contribution in [0.15, 0.2) is 49.1 Å². The zero-order valence-electron chi connectivity index (χ0n) is 18.7. The largest absolute Gasteiger partial charge is 0.348 e. The van der Waals surface area contributed by atoms with Crippen molar-refractivity contribution in [2.45, 2.75) is 63.6 Å². The van der Waals surface area contributed by atoms with Crippen LogP contribution in [0.1, 0.15) is 83.1 Å². The Hall–Kier alpha value is -3.42. The van der Waals surface area contributed by atoms with E-state index in [2.05, 4.69) is 20.5 Å². The van der Waals surface area contributed by atoms with Gasteiger partial charge in [-0.15, -0.1) is 0 Å². The second-order valence-electron chi connectivity index (χ2n) is 9.11. The quantitative estimate of drug-likeness (QED) is 0.604. The van der Waals surface area contributed by atoms with Gasteiger partial charge >= 0.3 is 0 Å². The van der Waals surface area contributed by atoms with Crippen LogP contribution in [-0.4, -0.2) is 49.0 Å². The highest BCUT2D eigenvalue weighted by Crippen LogP contribution is 2.31. The minimum Gasteiger partial charge on any atom is -0.348 e. The molecule has 1 saturated carbocycles. The number of rotatable bonds is 6. The Morgan fingerprint density at radius 2 is 1.94 bits per heavy atom. The molecule has 1 aliphatic carbocycles. The van der Waals surface area contributed by atoms with Gasteiger partial charge in [-0.25, -0.2) is 4.98 Å². The van der Waals surface area contributed by atoms with Gasteiger partial charge in [-0.05, 0) is 55.9 Å². The molecule has 2 N–H and O–H groups in total. The molecule has 1 aliphatic heterocycles. The van der Waals surface area contributed by atoms with E-state index in [1.54, 1.807) is 12.5 Å². The predicted octanol–water partition coefficient (Wildman–Crippen LogP) is 3.69. The molecule has 0 bridgehead atoms. The van der Waals surface area contributed by atoms with E-state index < -0.39 is 0 Å². The van der Waals surface area contributed by atoms with Crippen LogP contribution in [0.5, 0.6) is 0 Å². The molecule has 5 rings (SSSR count). The smallest absolute Gasteiger partial charge is 0.271 e. The first-order valence-electron chi connectivity index (χ1n) is 11.9. The number of piperidine rings is 1. The summed E-state index contributed by atoms with van der Waals surface area (Å²) in [5.74, 6) is -0.121. The van der Waals surface area contributed by atoms with Gasteiger partial charge in [-0.2, -0.15) is 5.10 Å². The minimum atomic E-state index is -0.134. The van der Waals surface area contributed by atoms with Gasteiger partial charge in [0.05, 0.1) is 18.1 Å². The van der Waals surface area contributed by atoms with Crippen LogP contribution in [0.2, 0.25) is 0 Å². The number of nitrogens with one attached hydrogen (secondary N) is 2. The standard InChI is InChI=1S/C25H30N6O2/c32-24(27-20-8-1-2-9-20)22-15-21(28-29-22)23-10-3-4-12-31(23)25(33)19-7-5-6-18(14-19)16-30-13-11-26-17-30/h5-7,11,13-15,17,20,23H,1-4,8-10,12,16H2,(H,27,32)(H,28,29). The fourth-order valence-corrected chi connectivity index (χ4v) is 5.01. The van der Waals surface area contributed by atoms with Crippen LogP contribution in [0.4, 0.5) is 0 Å². The number of amides is 2.